The van der Waals surface area contributed by atoms with Gasteiger partial charge < -0.3 is 9.92 Å². The molecule has 5 nitrogen and oxygen atoms in total. The van der Waals surface area contributed by atoms with Crippen molar-refractivity contribution in [2.24, 2.45) is 0 Å². The Hall–Kier alpha value is -6.66. The maximum atomic E-state index is 11.8. The van der Waals surface area contributed by atoms with E-state index in [-0.39, 0.29) is 24.4 Å². The lowest BCUT2D eigenvalue weighted by molar-refractivity contribution is 0.477. The number of aryl methyl sites for hydroxylation is 2. The third-order valence-corrected chi connectivity index (χ3v) is 11.6. The van der Waals surface area contributed by atoms with Gasteiger partial charge in [-0.05, 0) is 130 Å². The van der Waals surface area contributed by atoms with Crippen LogP contribution >= 0.6 is 0 Å². The molecule has 6 heteroatoms. The van der Waals surface area contributed by atoms with Crippen LogP contribution in [0.2, 0.25) is 0 Å². The van der Waals surface area contributed by atoms with E-state index >= 15 is 0 Å². The highest BCUT2D eigenvalue weighted by Crippen LogP contribution is 2.45. The second-order valence-corrected chi connectivity index (χ2v) is 16.1. The number of phenols is 1. The molecule has 4 heterocycles. The second kappa shape index (κ2) is 15.0. The van der Waals surface area contributed by atoms with Gasteiger partial charge in [0, 0.05) is 17.5 Å². The van der Waals surface area contributed by atoms with Gasteiger partial charge in [0.1, 0.15) is 11.6 Å². The minimum atomic E-state index is -0.289. The van der Waals surface area contributed by atoms with Gasteiger partial charge in [-0.3, -0.25) is 9.55 Å². The van der Waals surface area contributed by atoms with Crippen molar-refractivity contribution in [1.82, 2.24) is 19.3 Å². The number of para-hydroxylation sites is 1. The van der Waals surface area contributed by atoms with Gasteiger partial charge in [-0.15, -0.1) is 0 Å². The Balaban J connectivity index is 1.46. The molecule has 0 bridgehead atoms. The van der Waals surface area contributed by atoms with Crippen molar-refractivity contribution in [1.29, 1.82) is 0 Å². The minimum Gasteiger partial charge on any atom is -0.507 e. The molecule has 0 unspecified atom stereocenters. The fraction of sp³-hybridized carbons (Fsp3) is 0.154. The Kier molecular flexibility index (Phi) is 9.57. The van der Waals surface area contributed by atoms with E-state index in [2.05, 4.69) is 166 Å². The molecule has 9 rings (SSSR count). The zero-order valence-corrected chi connectivity index (χ0v) is 34.0. The highest BCUT2D eigenvalue weighted by Gasteiger charge is 2.43. The SMILES string of the molecule is Cc1cccc(C)c1C1=C2C=CC=CN2B(c2cccc(-c3ccccn3)c2)c2nc(-c3ccccc3O)n(-c3c(C(C)C)cc(-c4ccccc4)cc3C(C)C)c21. The number of hydrogen-bond acceptors (Lipinski definition) is 4. The molecule has 0 spiro atoms. The van der Waals surface area contributed by atoms with E-state index in [4.69, 9.17) is 9.97 Å². The van der Waals surface area contributed by atoms with E-state index < -0.39 is 0 Å². The first-order chi connectivity index (χ1) is 28.2. The van der Waals surface area contributed by atoms with Gasteiger partial charge >= 0.3 is 6.85 Å². The van der Waals surface area contributed by atoms with Crippen molar-refractivity contribution in [2.75, 3.05) is 0 Å². The number of phenolic OH excluding ortho intramolecular Hbond substituents is 1. The van der Waals surface area contributed by atoms with Crippen molar-refractivity contribution in [2.45, 2.75) is 53.4 Å². The number of rotatable bonds is 8. The fourth-order valence-corrected chi connectivity index (χ4v) is 8.87. The van der Waals surface area contributed by atoms with E-state index in [0.717, 1.165) is 45.0 Å². The molecule has 58 heavy (non-hydrogen) atoms. The van der Waals surface area contributed by atoms with Gasteiger partial charge in [0.15, 0.2) is 0 Å². The van der Waals surface area contributed by atoms with Crippen LogP contribution in [0.1, 0.15) is 73.0 Å². The molecular weight excluding hydrogens is 707 g/mol. The number of aromatic nitrogens is 3. The molecule has 2 aromatic heterocycles. The Labute approximate surface area is 342 Å². The van der Waals surface area contributed by atoms with Crippen molar-refractivity contribution in [3.63, 3.8) is 0 Å². The normalized spacial score (nSPS) is 13.4. The predicted octanol–water partition coefficient (Wildman–Crippen LogP) is 11.1. The van der Waals surface area contributed by atoms with E-state index in [1.165, 1.54) is 38.9 Å². The van der Waals surface area contributed by atoms with Crippen molar-refractivity contribution < 1.29 is 5.11 Å². The quantitative estimate of drug-likeness (QED) is 0.157. The Morgan fingerprint density at radius 3 is 2.02 bits per heavy atom. The molecule has 2 aliphatic heterocycles. The minimum absolute atomic E-state index is 0.172. The van der Waals surface area contributed by atoms with Crippen LogP contribution in [0.5, 0.6) is 5.75 Å². The third kappa shape index (κ3) is 6.30. The van der Waals surface area contributed by atoms with Gasteiger partial charge in [0.2, 0.25) is 0 Å². The van der Waals surface area contributed by atoms with E-state index in [1.807, 2.05) is 36.5 Å². The zero-order chi connectivity index (χ0) is 40.1. The average Bonchev–Trinajstić information content (AvgIpc) is 3.62. The molecule has 5 aromatic carbocycles. The van der Waals surface area contributed by atoms with Crippen molar-refractivity contribution >= 4 is 23.5 Å². The number of hydrogen-bond donors (Lipinski definition) is 1. The maximum absolute atomic E-state index is 11.8. The van der Waals surface area contributed by atoms with Gasteiger partial charge in [0.25, 0.3) is 0 Å². The molecule has 0 atom stereocenters. The first kappa shape index (κ1) is 37.0. The molecular formula is C52H47BN4O. The molecule has 2 aliphatic rings. The molecule has 284 valence electrons. The molecule has 0 aliphatic carbocycles. The summed E-state index contributed by atoms with van der Waals surface area (Å²) < 4.78 is 2.41. The smallest absolute Gasteiger partial charge is 0.350 e. The van der Waals surface area contributed by atoms with Crippen molar-refractivity contribution in [3.8, 4) is 45.2 Å². The summed E-state index contributed by atoms with van der Waals surface area (Å²) in [6.45, 7) is 13.3. The second-order valence-electron chi connectivity index (χ2n) is 16.1. The predicted molar refractivity (Wildman–Crippen MR) is 241 cm³/mol. The van der Waals surface area contributed by atoms with E-state index in [0.29, 0.717) is 11.4 Å². The van der Waals surface area contributed by atoms with Crippen LogP contribution in [-0.2, 0) is 0 Å². The van der Waals surface area contributed by atoms with E-state index in [1.54, 1.807) is 6.07 Å². The van der Waals surface area contributed by atoms with Crippen LogP contribution in [-0.4, -0.2) is 31.3 Å². The number of aromatic hydroxyl groups is 1. The molecule has 1 N–H and O–H groups in total. The van der Waals surface area contributed by atoms with Crippen LogP contribution < -0.4 is 11.1 Å². The van der Waals surface area contributed by atoms with E-state index in [9.17, 15) is 5.11 Å². The number of fused-ring (bicyclic) bond motifs is 2. The lowest BCUT2D eigenvalue weighted by Gasteiger charge is -2.38. The summed E-state index contributed by atoms with van der Waals surface area (Å²) in [7, 11) is 0. The summed E-state index contributed by atoms with van der Waals surface area (Å²) in [5, 5.41) is 11.8. The summed E-state index contributed by atoms with van der Waals surface area (Å²) in [5.41, 5.74) is 17.4. The number of allylic oxidation sites excluding steroid dienone is 3. The lowest BCUT2D eigenvalue weighted by Crippen LogP contribution is -2.58. The van der Waals surface area contributed by atoms with Crippen LogP contribution in [0, 0.1) is 13.8 Å². The summed E-state index contributed by atoms with van der Waals surface area (Å²) in [4.78, 5) is 12.9. The highest BCUT2D eigenvalue weighted by molar-refractivity contribution is 6.84. The summed E-state index contributed by atoms with van der Waals surface area (Å²) in [6, 6.07) is 44.4. The van der Waals surface area contributed by atoms with Gasteiger partial charge in [-0.25, -0.2) is 4.98 Å². The molecule has 0 radical (unpaired) electrons. The summed E-state index contributed by atoms with van der Waals surface area (Å²) in [5.74, 6) is 1.25. The van der Waals surface area contributed by atoms with Crippen LogP contribution in [0.3, 0.4) is 0 Å². The Bertz CT molecular complexity index is 2730. The lowest BCUT2D eigenvalue weighted by atomic mass is 9.48. The monoisotopic (exact) mass is 754 g/mol. The number of pyridine rings is 1. The Morgan fingerprint density at radius 2 is 1.33 bits per heavy atom. The summed E-state index contributed by atoms with van der Waals surface area (Å²) in [6.07, 6.45) is 10.5. The first-order valence-corrected chi connectivity index (χ1v) is 20.3. The van der Waals surface area contributed by atoms with Crippen LogP contribution in [0.4, 0.5) is 0 Å². The van der Waals surface area contributed by atoms with Crippen LogP contribution in [0.25, 0.3) is 45.0 Å². The molecule has 7 aromatic rings. The Morgan fingerprint density at radius 1 is 0.655 bits per heavy atom. The standard InChI is InChI=1S/C52H47BN4O/c1-33(2)42-31-39(37-20-8-7-9-21-37)32-43(34(3)4)49(42)57-50-48(47-35(5)18-16-19-36(47)6)45-26-13-15-29-56(45)53(51(50)55-52(57)41-24-10-11-27-46(41)58)40-23-17-22-38(30-40)44-25-12-14-28-54-44/h7-34,58H,1-6H3. The largest absolute Gasteiger partial charge is 0.507 e. The molecule has 0 amide bonds. The van der Waals surface area contributed by atoms with Crippen LogP contribution in [0.15, 0.2) is 164 Å². The number of nitrogens with zero attached hydrogens (tertiary/aromatic N) is 4. The first-order valence-electron chi connectivity index (χ1n) is 20.3. The highest BCUT2D eigenvalue weighted by atomic mass is 16.3. The topological polar surface area (TPSA) is 54.2 Å². The third-order valence-electron chi connectivity index (χ3n) is 11.6. The van der Waals surface area contributed by atoms with Gasteiger partial charge in [-0.1, -0.05) is 125 Å². The molecule has 0 fully saturated rings. The summed E-state index contributed by atoms with van der Waals surface area (Å²) >= 11 is 0. The zero-order valence-electron chi connectivity index (χ0n) is 34.0. The van der Waals surface area contributed by atoms with Crippen molar-refractivity contribution in [3.05, 3.63) is 197 Å². The number of imidazole rings is 1. The molecule has 0 saturated carbocycles. The fourth-order valence-electron chi connectivity index (χ4n) is 8.87. The maximum Gasteiger partial charge on any atom is 0.350 e. The number of benzene rings is 5. The van der Waals surface area contributed by atoms with Gasteiger partial charge in [0.05, 0.1) is 28.2 Å². The van der Waals surface area contributed by atoms with Gasteiger partial charge in [-0.2, -0.15) is 0 Å². The molecule has 0 saturated heterocycles. The average molecular weight is 755 g/mol.